The molecule has 3 nitrogen and oxygen atoms in total. The maximum absolute atomic E-state index is 12.7. The van der Waals surface area contributed by atoms with Crippen LogP contribution in [0, 0.1) is 0 Å². The lowest BCUT2D eigenvalue weighted by Crippen LogP contribution is -2.53. The monoisotopic (exact) mass is 481 g/mol. The van der Waals surface area contributed by atoms with E-state index in [0.717, 1.165) is 69.2 Å². The molecule has 0 bridgehead atoms. The molecule has 0 radical (unpaired) electrons. The van der Waals surface area contributed by atoms with Crippen molar-refractivity contribution < 1.29 is 23.0 Å². The van der Waals surface area contributed by atoms with Crippen molar-refractivity contribution in [1.82, 2.24) is 4.90 Å². The van der Waals surface area contributed by atoms with E-state index in [1.54, 1.807) is 0 Å². The number of rotatable bonds is 8. The highest BCUT2D eigenvalue weighted by atomic mass is 35.5. The highest BCUT2D eigenvalue weighted by Crippen LogP contribution is 2.47. The van der Waals surface area contributed by atoms with Gasteiger partial charge in [-0.25, -0.2) is 0 Å². The van der Waals surface area contributed by atoms with Crippen molar-refractivity contribution in [2.75, 3.05) is 19.7 Å². The van der Waals surface area contributed by atoms with Crippen LogP contribution in [0.3, 0.4) is 0 Å². The van der Waals surface area contributed by atoms with E-state index in [1.807, 2.05) is 24.3 Å². The summed E-state index contributed by atoms with van der Waals surface area (Å²) in [5.74, 6) is 0.446. The van der Waals surface area contributed by atoms with Crippen LogP contribution in [-0.2, 0) is 11.6 Å². The molecular formula is C26H31ClF3NO2. The van der Waals surface area contributed by atoms with Gasteiger partial charge in [0.2, 0.25) is 0 Å². The predicted molar refractivity (Wildman–Crippen MR) is 124 cm³/mol. The van der Waals surface area contributed by atoms with Crippen molar-refractivity contribution in [1.29, 1.82) is 0 Å². The van der Waals surface area contributed by atoms with Crippen LogP contribution in [0.5, 0.6) is 5.75 Å². The number of piperidine rings is 1. The van der Waals surface area contributed by atoms with Crippen LogP contribution in [0.4, 0.5) is 13.2 Å². The van der Waals surface area contributed by atoms with Crippen LogP contribution in [0.25, 0.3) is 0 Å². The van der Waals surface area contributed by atoms with Gasteiger partial charge in [-0.2, -0.15) is 13.2 Å². The molecule has 1 heterocycles. The number of ether oxygens (including phenoxy) is 1. The molecule has 1 saturated carbocycles. The second kappa shape index (κ2) is 10.2. The Hall–Kier alpha value is -1.76. The fraction of sp³-hybridized carbons (Fsp3) is 0.538. The Morgan fingerprint density at radius 3 is 2.33 bits per heavy atom. The number of nitrogens with zero attached hydrogens (tertiary/aromatic N) is 1. The molecule has 2 aromatic rings. The molecule has 33 heavy (non-hydrogen) atoms. The Labute approximate surface area is 198 Å². The zero-order chi connectivity index (χ0) is 23.5. The lowest BCUT2D eigenvalue weighted by atomic mass is 9.61. The van der Waals surface area contributed by atoms with Gasteiger partial charge in [0.25, 0.3) is 0 Å². The molecule has 1 aliphatic carbocycles. The molecule has 2 atom stereocenters. The quantitative estimate of drug-likeness (QED) is 0.469. The van der Waals surface area contributed by atoms with Crippen molar-refractivity contribution in [2.45, 2.75) is 68.7 Å². The lowest BCUT2D eigenvalue weighted by molar-refractivity contribution is -0.137. The van der Waals surface area contributed by atoms with Crippen LogP contribution in [-0.4, -0.2) is 41.8 Å². The Balaban J connectivity index is 1.34. The van der Waals surface area contributed by atoms with E-state index < -0.39 is 17.8 Å². The number of β-amino-alcohol motifs (C(OH)–C–C–N with tert-alkyl or cyclic N) is 1. The average Bonchev–Trinajstić information content (AvgIpc) is 2.75. The summed E-state index contributed by atoms with van der Waals surface area (Å²) in [6.07, 6.45) is 2.34. The third-order valence-electron chi connectivity index (χ3n) is 7.36. The number of halogens is 4. The zero-order valence-electron chi connectivity index (χ0n) is 18.7. The van der Waals surface area contributed by atoms with Gasteiger partial charge in [0, 0.05) is 23.0 Å². The molecule has 0 spiro atoms. The second-order valence-corrected chi connectivity index (χ2v) is 9.77. The van der Waals surface area contributed by atoms with Crippen molar-refractivity contribution in [3.8, 4) is 5.75 Å². The fourth-order valence-electron chi connectivity index (χ4n) is 5.23. The summed E-state index contributed by atoms with van der Waals surface area (Å²) < 4.78 is 43.9. The predicted octanol–water partition coefficient (Wildman–Crippen LogP) is 6.47. The number of aliphatic hydroxyl groups is 1. The summed E-state index contributed by atoms with van der Waals surface area (Å²) in [7, 11) is 0. The summed E-state index contributed by atoms with van der Waals surface area (Å²) >= 11 is 6.07. The maximum Gasteiger partial charge on any atom is 0.416 e. The van der Waals surface area contributed by atoms with E-state index in [2.05, 4.69) is 4.90 Å². The summed E-state index contributed by atoms with van der Waals surface area (Å²) in [4.78, 5) is 2.38. The van der Waals surface area contributed by atoms with Gasteiger partial charge < -0.3 is 9.84 Å². The normalized spacial score (nSPS) is 21.9. The number of likely N-dealkylation sites (tertiary alicyclic amines) is 1. The molecule has 1 unspecified atom stereocenters. The van der Waals surface area contributed by atoms with Crippen LogP contribution in [0.1, 0.15) is 56.1 Å². The first-order valence-electron chi connectivity index (χ1n) is 11.8. The Bertz CT molecular complexity index is 897. The summed E-state index contributed by atoms with van der Waals surface area (Å²) in [5, 5.41) is 12.0. The van der Waals surface area contributed by atoms with Gasteiger partial charge in [0.1, 0.15) is 5.75 Å². The smallest absolute Gasteiger partial charge is 0.416 e. The number of alkyl halides is 3. The third-order valence-corrected chi connectivity index (χ3v) is 7.61. The van der Waals surface area contributed by atoms with Gasteiger partial charge in [-0.15, -0.1) is 0 Å². The summed E-state index contributed by atoms with van der Waals surface area (Å²) in [6.45, 7) is 2.00. The van der Waals surface area contributed by atoms with Crippen LogP contribution < -0.4 is 4.74 Å². The van der Waals surface area contributed by atoms with Crippen LogP contribution in [0.2, 0.25) is 5.02 Å². The zero-order valence-corrected chi connectivity index (χ0v) is 19.4. The first-order valence-corrected chi connectivity index (χ1v) is 12.1. The Kier molecular flexibility index (Phi) is 7.56. The average molecular weight is 482 g/mol. The van der Waals surface area contributed by atoms with Gasteiger partial charge in [0.05, 0.1) is 18.3 Å². The molecule has 7 heteroatoms. The van der Waals surface area contributed by atoms with E-state index >= 15 is 0 Å². The van der Waals surface area contributed by atoms with Gasteiger partial charge in [-0.1, -0.05) is 36.6 Å². The van der Waals surface area contributed by atoms with Crippen molar-refractivity contribution >= 4 is 11.6 Å². The van der Waals surface area contributed by atoms with Crippen LogP contribution in [0.15, 0.2) is 48.5 Å². The Morgan fingerprint density at radius 1 is 1.03 bits per heavy atom. The highest BCUT2D eigenvalue weighted by Gasteiger charge is 2.45. The van der Waals surface area contributed by atoms with Crippen molar-refractivity contribution in [2.24, 2.45) is 0 Å². The van der Waals surface area contributed by atoms with Gasteiger partial charge in [-0.05, 0) is 80.6 Å². The maximum atomic E-state index is 12.7. The summed E-state index contributed by atoms with van der Waals surface area (Å²) in [6, 6.07) is 13.0. The first-order chi connectivity index (χ1) is 15.8. The molecule has 1 N–H and O–H groups in total. The molecule has 2 aromatic carbocycles. The molecule has 1 saturated heterocycles. The Morgan fingerprint density at radius 2 is 1.73 bits per heavy atom. The fourth-order valence-corrected chi connectivity index (χ4v) is 5.36. The number of benzene rings is 2. The molecule has 2 aliphatic rings. The van der Waals surface area contributed by atoms with E-state index in [9.17, 15) is 18.3 Å². The molecule has 2 fully saturated rings. The van der Waals surface area contributed by atoms with E-state index in [4.69, 9.17) is 16.3 Å². The molecule has 0 amide bonds. The molecule has 180 valence electrons. The van der Waals surface area contributed by atoms with E-state index in [1.165, 1.54) is 12.1 Å². The first kappa shape index (κ1) is 24.4. The lowest BCUT2D eigenvalue weighted by Gasteiger charge is -2.48. The summed E-state index contributed by atoms with van der Waals surface area (Å²) in [5.41, 5.74) is 0.279. The number of hydrogen-bond donors (Lipinski definition) is 1. The SMILES string of the molecule is O[C@@H](CN1CCCCC1CCOc1ccc(C(F)(F)F)cc1)C1(c2ccc(Cl)cc2)CCC1. The molecular weight excluding hydrogens is 451 g/mol. The highest BCUT2D eigenvalue weighted by molar-refractivity contribution is 6.30. The van der Waals surface area contributed by atoms with Gasteiger partial charge >= 0.3 is 6.18 Å². The third kappa shape index (κ3) is 5.67. The standard InChI is InChI=1S/C26H31ClF3NO2/c27-21-9-5-19(6-10-21)25(14-3-15-25)24(32)18-31-16-2-1-4-22(31)13-17-33-23-11-7-20(8-12-23)26(28,29)30/h5-12,22,24,32H,1-4,13-18H2/t22?,24-/m0/s1. The second-order valence-electron chi connectivity index (χ2n) is 9.34. The van der Waals surface area contributed by atoms with E-state index in [-0.39, 0.29) is 5.41 Å². The minimum absolute atomic E-state index is 0.205. The molecule has 1 aliphatic heterocycles. The van der Waals surface area contributed by atoms with Gasteiger partial charge in [0.15, 0.2) is 0 Å². The molecule has 4 rings (SSSR count). The van der Waals surface area contributed by atoms with Crippen molar-refractivity contribution in [3.05, 3.63) is 64.7 Å². The van der Waals surface area contributed by atoms with Crippen LogP contribution >= 0.6 is 11.6 Å². The van der Waals surface area contributed by atoms with Gasteiger partial charge in [-0.3, -0.25) is 4.90 Å². The minimum atomic E-state index is -4.34. The van der Waals surface area contributed by atoms with E-state index in [0.29, 0.717) is 30.0 Å². The number of hydrogen-bond acceptors (Lipinski definition) is 3. The largest absolute Gasteiger partial charge is 0.494 e. The van der Waals surface area contributed by atoms with Crippen molar-refractivity contribution in [3.63, 3.8) is 0 Å². The molecule has 0 aromatic heterocycles. The minimum Gasteiger partial charge on any atom is -0.494 e. The number of aliphatic hydroxyl groups excluding tert-OH is 1. The topological polar surface area (TPSA) is 32.7 Å².